The first kappa shape index (κ1) is 14.3. The zero-order valence-corrected chi connectivity index (χ0v) is 13.0. The van der Waals surface area contributed by atoms with Crippen molar-refractivity contribution in [3.8, 4) is 0 Å². The lowest BCUT2D eigenvalue weighted by atomic mass is 10.0. The number of aliphatic hydroxyl groups is 1. The second kappa shape index (κ2) is 5.60. The third kappa shape index (κ3) is 2.84. The lowest BCUT2D eigenvalue weighted by Gasteiger charge is -2.22. The summed E-state index contributed by atoms with van der Waals surface area (Å²) in [6.45, 7) is 0.497. The van der Waals surface area contributed by atoms with Crippen LogP contribution in [-0.4, -0.2) is 33.7 Å². The van der Waals surface area contributed by atoms with E-state index in [1.165, 1.54) is 0 Å². The number of nitrogens with one attached hydrogen (secondary N) is 1. The third-order valence-electron chi connectivity index (χ3n) is 3.44. The SMILES string of the molecule is OC1(CNc2ccc3c(Cl)ccc(Cl)c3n2)CCSC1. The zero-order valence-electron chi connectivity index (χ0n) is 10.7. The van der Waals surface area contributed by atoms with E-state index in [9.17, 15) is 5.11 Å². The highest BCUT2D eigenvalue weighted by atomic mass is 35.5. The molecule has 0 amide bonds. The zero-order chi connectivity index (χ0) is 14.2. The van der Waals surface area contributed by atoms with Crippen molar-refractivity contribution in [2.24, 2.45) is 0 Å². The first-order chi connectivity index (χ1) is 9.57. The summed E-state index contributed by atoms with van der Waals surface area (Å²) in [6, 6.07) is 7.26. The largest absolute Gasteiger partial charge is 0.387 e. The number of rotatable bonds is 3. The van der Waals surface area contributed by atoms with Crippen molar-refractivity contribution >= 4 is 51.7 Å². The van der Waals surface area contributed by atoms with Gasteiger partial charge in [0.25, 0.3) is 0 Å². The van der Waals surface area contributed by atoms with Gasteiger partial charge in [0, 0.05) is 17.7 Å². The summed E-state index contributed by atoms with van der Waals surface area (Å²) in [7, 11) is 0. The fourth-order valence-corrected chi connectivity index (χ4v) is 3.96. The maximum absolute atomic E-state index is 10.3. The molecule has 1 unspecified atom stereocenters. The molecule has 1 atom stereocenters. The molecule has 106 valence electrons. The summed E-state index contributed by atoms with van der Waals surface area (Å²) < 4.78 is 0. The summed E-state index contributed by atoms with van der Waals surface area (Å²) in [5.74, 6) is 2.47. The van der Waals surface area contributed by atoms with Crippen molar-refractivity contribution in [3.05, 3.63) is 34.3 Å². The van der Waals surface area contributed by atoms with E-state index < -0.39 is 5.60 Å². The molecule has 0 bridgehead atoms. The van der Waals surface area contributed by atoms with Crippen LogP contribution >= 0.6 is 35.0 Å². The molecule has 1 saturated heterocycles. The van der Waals surface area contributed by atoms with Crippen LogP contribution in [0.5, 0.6) is 0 Å². The van der Waals surface area contributed by atoms with Crippen LogP contribution in [0.25, 0.3) is 10.9 Å². The molecule has 3 rings (SSSR count). The first-order valence-corrected chi connectivity index (χ1v) is 8.27. The highest BCUT2D eigenvalue weighted by Crippen LogP contribution is 2.30. The van der Waals surface area contributed by atoms with Crippen LogP contribution in [0.3, 0.4) is 0 Å². The van der Waals surface area contributed by atoms with Gasteiger partial charge >= 0.3 is 0 Å². The lowest BCUT2D eigenvalue weighted by Crippen LogP contribution is -2.36. The first-order valence-electron chi connectivity index (χ1n) is 6.36. The number of thioether (sulfide) groups is 1. The number of hydrogen-bond acceptors (Lipinski definition) is 4. The van der Waals surface area contributed by atoms with Crippen LogP contribution < -0.4 is 5.32 Å². The smallest absolute Gasteiger partial charge is 0.126 e. The number of hydrogen-bond donors (Lipinski definition) is 2. The molecule has 1 aromatic heterocycles. The standard InChI is InChI=1S/C14H14Cl2N2OS/c15-10-2-3-11(16)13-9(10)1-4-12(18-13)17-7-14(19)5-6-20-8-14/h1-4,19H,5-8H2,(H,17,18). The van der Waals surface area contributed by atoms with Crippen LogP contribution in [0.1, 0.15) is 6.42 Å². The topological polar surface area (TPSA) is 45.1 Å². The molecule has 1 aromatic carbocycles. The average Bonchev–Trinajstić information content (AvgIpc) is 2.88. The summed E-state index contributed by atoms with van der Waals surface area (Å²) in [5, 5.41) is 15.5. The normalized spacial score (nSPS) is 22.4. The minimum atomic E-state index is -0.639. The third-order valence-corrected chi connectivity index (χ3v) is 5.30. The van der Waals surface area contributed by atoms with Gasteiger partial charge in [-0.25, -0.2) is 4.98 Å². The second-order valence-electron chi connectivity index (χ2n) is 5.00. The van der Waals surface area contributed by atoms with Gasteiger partial charge in [0.15, 0.2) is 0 Å². The molecule has 3 nitrogen and oxygen atoms in total. The van der Waals surface area contributed by atoms with Crippen molar-refractivity contribution < 1.29 is 5.11 Å². The van der Waals surface area contributed by atoms with Gasteiger partial charge in [-0.1, -0.05) is 23.2 Å². The fraction of sp³-hybridized carbons (Fsp3) is 0.357. The van der Waals surface area contributed by atoms with E-state index in [-0.39, 0.29) is 0 Å². The highest BCUT2D eigenvalue weighted by Gasteiger charge is 2.31. The predicted molar refractivity (Wildman–Crippen MR) is 87.1 cm³/mol. The Morgan fingerprint density at radius 1 is 1.25 bits per heavy atom. The average molecular weight is 329 g/mol. The molecule has 0 aliphatic carbocycles. The Hall–Kier alpha value is -0.680. The van der Waals surface area contributed by atoms with Crippen LogP contribution in [0.15, 0.2) is 24.3 Å². The summed E-state index contributed by atoms with van der Waals surface area (Å²) in [4.78, 5) is 4.48. The van der Waals surface area contributed by atoms with Gasteiger partial charge in [-0.2, -0.15) is 11.8 Å². The molecule has 1 aliphatic rings. The van der Waals surface area contributed by atoms with Crippen LogP contribution in [0, 0.1) is 0 Å². The number of halogens is 2. The number of aromatic nitrogens is 1. The maximum Gasteiger partial charge on any atom is 0.126 e. The van der Waals surface area contributed by atoms with Gasteiger partial charge in [0.05, 0.1) is 21.2 Å². The molecule has 20 heavy (non-hydrogen) atoms. The molecule has 2 aromatic rings. The molecule has 1 aliphatic heterocycles. The molecule has 2 N–H and O–H groups in total. The molecule has 2 heterocycles. The summed E-state index contributed by atoms with van der Waals surface area (Å²) in [6.07, 6.45) is 0.810. The van der Waals surface area contributed by atoms with E-state index in [1.54, 1.807) is 23.9 Å². The quantitative estimate of drug-likeness (QED) is 0.899. The van der Waals surface area contributed by atoms with Gasteiger partial charge in [0.1, 0.15) is 5.82 Å². The molecule has 0 saturated carbocycles. The van der Waals surface area contributed by atoms with Crippen molar-refractivity contribution in [2.45, 2.75) is 12.0 Å². The Bertz CT molecular complexity index is 644. The molecular formula is C14H14Cl2N2OS. The molecular weight excluding hydrogens is 315 g/mol. The second-order valence-corrected chi connectivity index (χ2v) is 6.92. The van der Waals surface area contributed by atoms with Crippen LogP contribution in [0.2, 0.25) is 10.0 Å². The highest BCUT2D eigenvalue weighted by molar-refractivity contribution is 7.99. The minimum absolute atomic E-state index is 0.497. The summed E-state index contributed by atoms with van der Waals surface area (Å²) >= 11 is 14.1. The van der Waals surface area contributed by atoms with Gasteiger partial charge in [0.2, 0.25) is 0 Å². The van der Waals surface area contributed by atoms with E-state index in [0.717, 1.165) is 23.3 Å². The van der Waals surface area contributed by atoms with Crippen molar-refractivity contribution in [3.63, 3.8) is 0 Å². The van der Waals surface area contributed by atoms with Crippen molar-refractivity contribution in [2.75, 3.05) is 23.4 Å². The molecule has 6 heteroatoms. The Kier molecular flexibility index (Phi) is 4.00. The van der Waals surface area contributed by atoms with E-state index in [4.69, 9.17) is 23.2 Å². The number of nitrogens with zero attached hydrogens (tertiary/aromatic N) is 1. The lowest BCUT2D eigenvalue weighted by molar-refractivity contribution is 0.0819. The molecule has 1 fully saturated rings. The fourth-order valence-electron chi connectivity index (χ4n) is 2.24. The summed E-state index contributed by atoms with van der Waals surface area (Å²) in [5.41, 5.74) is 0.0383. The molecule has 0 spiro atoms. The Labute approximate surface area is 131 Å². The van der Waals surface area contributed by atoms with Crippen molar-refractivity contribution in [1.29, 1.82) is 0 Å². The molecule has 0 radical (unpaired) electrons. The predicted octanol–water partition coefficient (Wildman–Crippen LogP) is 3.82. The van der Waals surface area contributed by atoms with E-state index in [2.05, 4.69) is 10.3 Å². The Morgan fingerprint density at radius 2 is 2.05 bits per heavy atom. The Morgan fingerprint density at radius 3 is 2.80 bits per heavy atom. The number of fused-ring (bicyclic) bond motifs is 1. The van der Waals surface area contributed by atoms with Gasteiger partial charge in [-0.3, -0.25) is 0 Å². The maximum atomic E-state index is 10.3. The number of pyridine rings is 1. The van der Waals surface area contributed by atoms with Gasteiger partial charge in [-0.05, 0) is 36.4 Å². The van der Waals surface area contributed by atoms with E-state index in [1.807, 2.05) is 12.1 Å². The van der Waals surface area contributed by atoms with Gasteiger partial charge < -0.3 is 10.4 Å². The minimum Gasteiger partial charge on any atom is -0.387 e. The monoisotopic (exact) mass is 328 g/mol. The van der Waals surface area contributed by atoms with E-state index in [0.29, 0.717) is 27.9 Å². The Balaban J connectivity index is 1.84. The van der Waals surface area contributed by atoms with Crippen LogP contribution in [-0.2, 0) is 0 Å². The van der Waals surface area contributed by atoms with Gasteiger partial charge in [-0.15, -0.1) is 0 Å². The van der Waals surface area contributed by atoms with Crippen molar-refractivity contribution in [1.82, 2.24) is 4.98 Å². The van der Waals surface area contributed by atoms with Crippen LogP contribution in [0.4, 0.5) is 5.82 Å². The number of benzene rings is 1. The number of anilines is 1. The van der Waals surface area contributed by atoms with E-state index >= 15 is 0 Å².